The number of carbonyl (C=O) groups is 4. The normalized spacial score (nSPS) is 22.7. The van der Waals surface area contributed by atoms with Crippen LogP contribution in [0.4, 0.5) is 0 Å². The Morgan fingerprint density at radius 2 is 1.65 bits per heavy atom. The first-order valence-electron chi connectivity index (χ1n) is 12.7. The molecule has 0 aromatic heterocycles. The number of rotatable bonds is 9. The Balaban J connectivity index is 1.47. The third-order valence-corrected chi connectivity index (χ3v) is 7.47. The predicted molar refractivity (Wildman–Crippen MR) is 136 cm³/mol. The van der Waals surface area contributed by atoms with Gasteiger partial charge in [0.25, 0.3) is 5.91 Å². The highest BCUT2D eigenvalue weighted by molar-refractivity contribution is 5.94. The molecule has 3 N–H and O–H groups in total. The average molecular weight is 508 g/mol. The third kappa shape index (κ3) is 5.99. The van der Waals surface area contributed by atoms with Gasteiger partial charge in [-0.2, -0.15) is 0 Å². The first kappa shape index (κ1) is 26.3. The molecule has 2 aliphatic rings. The highest BCUT2D eigenvalue weighted by Crippen LogP contribution is 2.37. The van der Waals surface area contributed by atoms with Crippen molar-refractivity contribution in [3.05, 3.63) is 71.8 Å². The average Bonchev–Trinajstić information content (AvgIpc) is 3.30. The summed E-state index contributed by atoms with van der Waals surface area (Å²) in [4.78, 5) is 53.8. The van der Waals surface area contributed by atoms with E-state index in [0.717, 1.165) is 5.56 Å². The Hall–Kier alpha value is -3.72. The van der Waals surface area contributed by atoms with Gasteiger partial charge >= 0.3 is 11.9 Å². The van der Waals surface area contributed by atoms with Crippen LogP contribution in [-0.4, -0.2) is 81.0 Å². The predicted octanol–water partition coefficient (Wildman–Crippen LogP) is 2.27. The summed E-state index contributed by atoms with van der Waals surface area (Å²) in [5.41, 5.74) is 1.54. The summed E-state index contributed by atoms with van der Waals surface area (Å²) in [5.74, 6) is -2.80. The SMILES string of the molecule is C[C@@H](N[C@H](CCc1ccccc1)C(=O)O)C(=O)N1[C@H](C(=O)O)C[C@H]2CCN(C(=O)c3ccccc3)C[C@@H]21. The van der Waals surface area contributed by atoms with E-state index in [4.69, 9.17) is 0 Å². The van der Waals surface area contributed by atoms with Crippen molar-refractivity contribution in [1.29, 1.82) is 0 Å². The van der Waals surface area contributed by atoms with Crippen LogP contribution in [0.25, 0.3) is 0 Å². The molecular weight excluding hydrogens is 474 g/mol. The molecule has 0 saturated carbocycles. The number of aryl methyl sites for hydroxylation is 1. The highest BCUT2D eigenvalue weighted by atomic mass is 16.4. The van der Waals surface area contributed by atoms with Crippen molar-refractivity contribution in [2.45, 2.75) is 56.8 Å². The number of benzene rings is 2. The Morgan fingerprint density at radius 1 is 1.00 bits per heavy atom. The van der Waals surface area contributed by atoms with Crippen molar-refractivity contribution in [3.63, 3.8) is 0 Å². The largest absolute Gasteiger partial charge is 0.480 e. The van der Waals surface area contributed by atoms with Gasteiger partial charge in [0.1, 0.15) is 12.1 Å². The number of carbonyl (C=O) groups excluding carboxylic acids is 2. The third-order valence-electron chi connectivity index (χ3n) is 7.47. The molecule has 2 heterocycles. The van der Waals surface area contributed by atoms with Gasteiger partial charge in [0.2, 0.25) is 5.91 Å². The minimum atomic E-state index is -1.09. The van der Waals surface area contributed by atoms with Gasteiger partial charge in [-0.15, -0.1) is 0 Å². The smallest absolute Gasteiger partial charge is 0.326 e. The fraction of sp³-hybridized carbons (Fsp3) is 0.429. The Morgan fingerprint density at radius 3 is 2.27 bits per heavy atom. The first-order chi connectivity index (χ1) is 17.8. The molecule has 2 aromatic carbocycles. The summed E-state index contributed by atoms with van der Waals surface area (Å²) >= 11 is 0. The monoisotopic (exact) mass is 507 g/mol. The van der Waals surface area contributed by atoms with E-state index in [-0.39, 0.29) is 24.8 Å². The van der Waals surface area contributed by atoms with Crippen LogP contribution >= 0.6 is 0 Å². The number of nitrogens with one attached hydrogen (secondary N) is 1. The molecule has 37 heavy (non-hydrogen) atoms. The molecule has 2 saturated heterocycles. The maximum atomic E-state index is 13.6. The van der Waals surface area contributed by atoms with Crippen LogP contribution < -0.4 is 5.32 Å². The maximum Gasteiger partial charge on any atom is 0.326 e. The summed E-state index contributed by atoms with van der Waals surface area (Å²) in [5, 5.41) is 22.6. The van der Waals surface area contributed by atoms with E-state index in [0.29, 0.717) is 31.4 Å². The molecule has 2 fully saturated rings. The van der Waals surface area contributed by atoms with Crippen molar-refractivity contribution < 1.29 is 29.4 Å². The molecule has 9 nitrogen and oxygen atoms in total. The van der Waals surface area contributed by atoms with Gasteiger partial charge in [-0.3, -0.25) is 19.7 Å². The van der Waals surface area contributed by atoms with Crippen molar-refractivity contribution in [2.75, 3.05) is 13.1 Å². The number of fused-ring (bicyclic) bond motifs is 1. The standard InChI is InChI=1S/C28H33N3O6/c1-18(29-22(27(34)35)13-12-19-8-4-2-5-9-19)25(32)31-23(28(36)37)16-21-14-15-30(17-24(21)31)26(33)20-10-6-3-7-11-20/h2-11,18,21-24,29H,12-17H2,1H3,(H,34,35)(H,36,37)/t18-,21-,22-,23+,24+/m1/s1. The van der Waals surface area contributed by atoms with E-state index in [1.54, 1.807) is 36.1 Å². The van der Waals surface area contributed by atoms with Crippen LogP contribution in [0.5, 0.6) is 0 Å². The summed E-state index contributed by atoms with van der Waals surface area (Å²) in [6.07, 6.45) is 1.73. The van der Waals surface area contributed by atoms with Crippen LogP contribution in [0.1, 0.15) is 42.1 Å². The van der Waals surface area contributed by atoms with Gasteiger partial charge in [0, 0.05) is 18.7 Å². The van der Waals surface area contributed by atoms with Crippen LogP contribution in [0.15, 0.2) is 60.7 Å². The van der Waals surface area contributed by atoms with Crippen LogP contribution in [-0.2, 0) is 20.8 Å². The Bertz CT molecular complexity index is 1130. The first-order valence-corrected chi connectivity index (χ1v) is 12.7. The number of hydrogen-bond acceptors (Lipinski definition) is 5. The van der Waals surface area contributed by atoms with E-state index < -0.39 is 42.0 Å². The van der Waals surface area contributed by atoms with E-state index >= 15 is 0 Å². The molecule has 196 valence electrons. The van der Waals surface area contributed by atoms with Gasteiger partial charge < -0.3 is 20.0 Å². The second-order valence-corrected chi connectivity index (χ2v) is 9.87. The molecular formula is C28H33N3O6. The fourth-order valence-corrected chi connectivity index (χ4v) is 5.52. The maximum absolute atomic E-state index is 13.6. The van der Waals surface area contributed by atoms with Gasteiger partial charge in [-0.25, -0.2) is 4.79 Å². The minimum Gasteiger partial charge on any atom is -0.480 e. The highest BCUT2D eigenvalue weighted by Gasteiger charge is 2.50. The number of carboxylic acids is 2. The minimum absolute atomic E-state index is 0.0366. The molecule has 0 unspecified atom stereocenters. The van der Waals surface area contributed by atoms with Crippen LogP contribution in [0.3, 0.4) is 0 Å². The van der Waals surface area contributed by atoms with E-state index in [1.165, 1.54) is 4.90 Å². The quantitative estimate of drug-likeness (QED) is 0.475. The zero-order valence-electron chi connectivity index (χ0n) is 20.8. The lowest BCUT2D eigenvalue weighted by Crippen LogP contribution is -2.58. The van der Waals surface area contributed by atoms with E-state index in [9.17, 15) is 29.4 Å². The molecule has 9 heteroatoms. The summed E-state index contributed by atoms with van der Waals surface area (Å²) in [6, 6.07) is 15.0. The second-order valence-electron chi connectivity index (χ2n) is 9.87. The molecule has 2 amide bonds. The lowest BCUT2D eigenvalue weighted by atomic mass is 9.91. The summed E-state index contributed by atoms with van der Waals surface area (Å²) in [6.45, 7) is 2.32. The number of hydrogen-bond donors (Lipinski definition) is 3. The Labute approximate surface area is 216 Å². The number of nitrogens with zero attached hydrogens (tertiary/aromatic N) is 2. The molecule has 2 aromatic rings. The van der Waals surface area contributed by atoms with Gasteiger partial charge in [0.05, 0.1) is 12.1 Å². The second kappa shape index (κ2) is 11.6. The van der Waals surface area contributed by atoms with E-state index in [2.05, 4.69) is 5.32 Å². The number of carboxylic acid groups (broad SMARTS) is 2. The molecule has 0 bridgehead atoms. The lowest BCUT2D eigenvalue weighted by molar-refractivity contribution is -0.151. The van der Waals surface area contributed by atoms with Crippen molar-refractivity contribution >= 4 is 23.8 Å². The molecule has 5 atom stereocenters. The zero-order chi connectivity index (χ0) is 26.5. The molecule has 2 aliphatic heterocycles. The number of aliphatic carboxylic acids is 2. The van der Waals surface area contributed by atoms with Gasteiger partial charge in [-0.1, -0.05) is 48.5 Å². The number of piperidine rings is 1. The van der Waals surface area contributed by atoms with Crippen LogP contribution in [0.2, 0.25) is 0 Å². The molecule has 0 radical (unpaired) electrons. The number of amides is 2. The van der Waals surface area contributed by atoms with Crippen molar-refractivity contribution in [3.8, 4) is 0 Å². The van der Waals surface area contributed by atoms with E-state index in [1.807, 2.05) is 36.4 Å². The fourth-order valence-electron chi connectivity index (χ4n) is 5.52. The van der Waals surface area contributed by atoms with Gasteiger partial charge in [-0.05, 0) is 56.2 Å². The topological polar surface area (TPSA) is 127 Å². The van der Waals surface area contributed by atoms with Crippen molar-refractivity contribution in [2.24, 2.45) is 5.92 Å². The van der Waals surface area contributed by atoms with Crippen molar-refractivity contribution in [1.82, 2.24) is 15.1 Å². The number of likely N-dealkylation sites (tertiary alicyclic amines) is 2. The van der Waals surface area contributed by atoms with Crippen LogP contribution in [0, 0.1) is 5.92 Å². The summed E-state index contributed by atoms with van der Waals surface area (Å²) < 4.78 is 0. The molecule has 0 aliphatic carbocycles. The molecule has 0 spiro atoms. The summed E-state index contributed by atoms with van der Waals surface area (Å²) in [7, 11) is 0. The Kier molecular flexibility index (Phi) is 8.23. The lowest BCUT2D eigenvalue weighted by Gasteiger charge is -2.40. The van der Waals surface area contributed by atoms with Gasteiger partial charge in [0.15, 0.2) is 0 Å². The molecule has 4 rings (SSSR count). The zero-order valence-corrected chi connectivity index (χ0v) is 20.8.